The SMILES string of the molecule is CCC1CCCCN1CCC(O)c1cccc(F)c1F. The highest BCUT2D eigenvalue weighted by Crippen LogP contribution is 2.25. The molecule has 1 aliphatic rings. The van der Waals surface area contributed by atoms with E-state index in [1.807, 2.05) is 0 Å². The van der Waals surface area contributed by atoms with Gasteiger partial charge in [-0.1, -0.05) is 25.5 Å². The average Bonchev–Trinajstić information content (AvgIpc) is 2.48. The number of halogens is 2. The van der Waals surface area contributed by atoms with Gasteiger partial charge in [-0.25, -0.2) is 8.78 Å². The summed E-state index contributed by atoms with van der Waals surface area (Å²) in [6.07, 6.45) is 4.24. The van der Waals surface area contributed by atoms with Gasteiger partial charge in [-0.3, -0.25) is 0 Å². The molecule has 1 aromatic carbocycles. The Kier molecular flexibility index (Phi) is 5.49. The van der Waals surface area contributed by atoms with Crippen LogP contribution in [0.2, 0.25) is 0 Å². The van der Waals surface area contributed by atoms with Crippen molar-refractivity contribution in [3.8, 4) is 0 Å². The van der Waals surface area contributed by atoms with E-state index in [9.17, 15) is 13.9 Å². The van der Waals surface area contributed by atoms with Gasteiger partial charge in [0.2, 0.25) is 0 Å². The molecule has 1 aromatic rings. The van der Waals surface area contributed by atoms with E-state index < -0.39 is 17.7 Å². The zero-order valence-electron chi connectivity index (χ0n) is 12.0. The number of rotatable bonds is 5. The molecule has 0 radical (unpaired) electrons. The van der Waals surface area contributed by atoms with E-state index in [-0.39, 0.29) is 5.56 Å². The predicted octanol–water partition coefficient (Wildman–Crippen LogP) is 3.65. The highest BCUT2D eigenvalue weighted by Gasteiger charge is 2.22. The molecule has 0 spiro atoms. The summed E-state index contributed by atoms with van der Waals surface area (Å²) in [6.45, 7) is 3.94. The van der Waals surface area contributed by atoms with Gasteiger partial charge in [0.1, 0.15) is 0 Å². The maximum absolute atomic E-state index is 13.6. The molecule has 0 aromatic heterocycles. The molecule has 2 atom stereocenters. The van der Waals surface area contributed by atoms with Crippen molar-refractivity contribution in [3.63, 3.8) is 0 Å². The fourth-order valence-electron chi connectivity index (χ4n) is 3.04. The van der Waals surface area contributed by atoms with E-state index in [2.05, 4.69) is 11.8 Å². The van der Waals surface area contributed by atoms with E-state index in [1.54, 1.807) is 0 Å². The number of aliphatic hydroxyl groups is 1. The minimum atomic E-state index is -0.940. The minimum Gasteiger partial charge on any atom is -0.388 e. The molecule has 0 saturated carbocycles. The first-order valence-electron chi connectivity index (χ1n) is 7.49. The quantitative estimate of drug-likeness (QED) is 0.891. The number of benzene rings is 1. The molecule has 2 rings (SSSR count). The normalized spacial score (nSPS) is 21.9. The van der Waals surface area contributed by atoms with Crippen molar-refractivity contribution in [1.82, 2.24) is 4.90 Å². The van der Waals surface area contributed by atoms with Gasteiger partial charge in [0, 0.05) is 18.2 Å². The van der Waals surface area contributed by atoms with E-state index >= 15 is 0 Å². The van der Waals surface area contributed by atoms with Gasteiger partial charge in [-0.2, -0.15) is 0 Å². The smallest absolute Gasteiger partial charge is 0.164 e. The summed E-state index contributed by atoms with van der Waals surface area (Å²) >= 11 is 0. The lowest BCUT2D eigenvalue weighted by Gasteiger charge is -2.35. The highest BCUT2D eigenvalue weighted by molar-refractivity contribution is 5.21. The second kappa shape index (κ2) is 7.14. The Bertz CT molecular complexity index is 438. The zero-order chi connectivity index (χ0) is 14.5. The van der Waals surface area contributed by atoms with Crippen LogP contribution in [0.4, 0.5) is 8.78 Å². The summed E-state index contributed by atoms with van der Waals surface area (Å²) in [7, 11) is 0. The Morgan fingerprint density at radius 2 is 2.15 bits per heavy atom. The first-order valence-corrected chi connectivity index (χ1v) is 7.49. The molecule has 0 bridgehead atoms. The van der Waals surface area contributed by atoms with Crippen LogP contribution in [-0.4, -0.2) is 29.1 Å². The molecular formula is C16H23F2NO. The number of likely N-dealkylation sites (tertiary alicyclic amines) is 1. The Morgan fingerprint density at radius 3 is 2.90 bits per heavy atom. The minimum absolute atomic E-state index is 0.0649. The van der Waals surface area contributed by atoms with Crippen molar-refractivity contribution in [2.45, 2.75) is 51.2 Å². The average molecular weight is 283 g/mol. The fraction of sp³-hybridized carbons (Fsp3) is 0.625. The number of hydrogen-bond donors (Lipinski definition) is 1. The third-order valence-electron chi connectivity index (χ3n) is 4.25. The Labute approximate surface area is 119 Å². The van der Waals surface area contributed by atoms with Crippen LogP contribution in [0.5, 0.6) is 0 Å². The summed E-state index contributed by atoms with van der Waals surface area (Å²) in [4.78, 5) is 2.37. The molecule has 2 nitrogen and oxygen atoms in total. The first kappa shape index (κ1) is 15.4. The second-order valence-electron chi connectivity index (χ2n) is 5.54. The molecule has 1 saturated heterocycles. The first-order chi connectivity index (χ1) is 9.63. The largest absolute Gasteiger partial charge is 0.388 e. The molecule has 2 unspecified atom stereocenters. The summed E-state index contributed by atoms with van der Waals surface area (Å²) in [5, 5.41) is 10.1. The van der Waals surface area contributed by atoms with Crippen LogP contribution in [-0.2, 0) is 0 Å². The lowest BCUT2D eigenvalue weighted by molar-refractivity contribution is 0.0991. The van der Waals surface area contributed by atoms with Crippen LogP contribution in [0, 0.1) is 11.6 Å². The van der Waals surface area contributed by atoms with E-state index in [4.69, 9.17) is 0 Å². The second-order valence-corrected chi connectivity index (χ2v) is 5.54. The van der Waals surface area contributed by atoms with Crippen LogP contribution in [0.15, 0.2) is 18.2 Å². The monoisotopic (exact) mass is 283 g/mol. The summed E-state index contributed by atoms with van der Waals surface area (Å²) in [5.41, 5.74) is 0.0649. The molecule has 1 aliphatic heterocycles. The van der Waals surface area contributed by atoms with Gasteiger partial charge in [0.25, 0.3) is 0 Å². The van der Waals surface area contributed by atoms with Gasteiger partial charge in [0.05, 0.1) is 6.10 Å². The molecule has 0 aliphatic carbocycles. The van der Waals surface area contributed by atoms with Crippen LogP contribution in [0.25, 0.3) is 0 Å². The van der Waals surface area contributed by atoms with Crippen molar-refractivity contribution in [3.05, 3.63) is 35.4 Å². The van der Waals surface area contributed by atoms with Crippen LogP contribution < -0.4 is 0 Å². The van der Waals surface area contributed by atoms with Gasteiger partial charge >= 0.3 is 0 Å². The van der Waals surface area contributed by atoms with E-state index in [0.29, 0.717) is 12.5 Å². The van der Waals surface area contributed by atoms with Gasteiger partial charge in [-0.15, -0.1) is 0 Å². The molecule has 20 heavy (non-hydrogen) atoms. The van der Waals surface area contributed by atoms with E-state index in [1.165, 1.54) is 31.4 Å². The van der Waals surface area contributed by atoms with Crippen LogP contribution in [0.3, 0.4) is 0 Å². The molecule has 1 heterocycles. The van der Waals surface area contributed by atoms with Crippen molar-refractivity contribution >= 4 is 0 Å². The topological polar surface area (TPSA) is 23.5 Å². The Balaban J connectivity index is 1.94. The zero-order valence-corrected chi connectivity index (χ0v) is 12.0. The van der Waals surface area contributed by atoms with Crippen molar-refractivity contribution in [1.29, 1.82) is 0 Å². The molecule has 4 heteroatoms. The fourth-order valence-corrected chi connectivity index (χ4v) is 3.04. The maximum Gasteiger partial charge on any atom is 0.164 e. The van der Waals surface area contributed by atoms with Crippen molar-refractivity contribution < 1.29 is 13.9 Å². The number of hydrogen-bond acceptors (Lipinski definition) is 2. The van der Waals surface area contributed by atoms with Crippen LogP contribution >= 0.6 is 0 Å². The molecule has 1 N–H and O–H groups in total. The molecule has 0 amide bonds. The van der Waals surface area contributed by atoms with Gasteiger partial charge in [-0.05, 0) is 38.3 Å². The highest BCUT2D eigenvalue weighted by atomic mass is 19.2. The Morgan fingerprint density at radius 1 is 1.35 bits per heavy atom. The number of aliphatic hydroxyl groups excluding tert-OH is 1. The van der Waals surface area contributed by atoms with Gasteiger partial charge < -0.3 is 10.0 Å². The molecule has 1 fully saturated rings. The molecular weight excluding hydrogens is 260 g/mol. The van der Waals surface area contributed by atoms with Crippen molar-refractivity contribution in [2.75, 3.05) is 13.1 Å². The number of nitrogens with zero attached hydrogens (tertiary/aromatic N) is 1. The predicted molar refractivity (Wildman–Crippen MR) is 75.4 cm³/mol. The number of piperidine rings is 1. The lowest BCUT2D eigenvalue weighted by Crippen LogP contribution is -2.40. The van der Waals surface area contributed by atoms with Gasteiger partial charge in [0.15, 0.2) is 11.6 Å². The maximum atomic E-state index is 13.6. The molecule has 112 valence electrons. The summed E-state index contributed by atoms with van der Waals surface area (Å²) in [6, 6.07) is 4.53. The van der Waals surface area contributed by atoms with Crippen LogP contribution in [0.1, 0.15) is 50.7 Å². The summed E-state index contributed by atoms with van der Waals surface area (Å²) < 4.78 is 26.8. The third-order valence-corrected chi connectivity index (χ3v) is 4.25. The van der Waals surface area contributed by atoms with E-state index in [0.717, 1.165) is 25.6 Å². The standard InChI is InChI=1S/C16H23F2NO/c1-2-12-6-3-4-10-19(12)11-9-15(20)13-7-5-8-14(17)16(13)18/h5,7-8,12,15,20H,2-4,6,9-11H2,1H3. The Hall–Kier alpha value is -1.00. The van der Waals surface area contributed by atoms with Crippen molar-refractivity contribution in [2.24, 2.45) is 0 Å². The third kappa shape index (κ3) is 3.55. The lowest BCUT2D eigenvalue weighted by atomic mass is 9.98. The summed E-state index contributed by atoms with van der Waals surface area (Å²) in [5.74, 6) is -1.82.